The maximum absolute atomic E-state index is 5.59. The van der Waals surface area contributed by atoms with Gasteiger partial charge in [0.25, 0.3) is 0 Å². The van der Waals surface area contributed by atoms with E-state index in [1.165, 1.54) is 0 Å². The van der Waals surface area contributed by atoms with Crippen molar-refractivity contribution in [2.45, 2.75) is 36.6 Å². The first kappa shape index (κ1) is 16.6. The lowest BCUT2D eigenvalue weighted by Crippen LogP contribution is -2.38. The van der Waals surface area contributed by atoms with Crippen LogP contribution in [0.2, 0.25) is 0 Å². The Balaban J connectivity index is 1.61. The van der Waals surface area contributed by atoms with Crippen LogP contribution in [0.15, 0.2) is 20.9 Å². The van der Waals surface area contributed by atoms with Gasteiger partial charge in [0.2, 0.25) is 0 Å². The second kappa shape index (κ2) is 10.0. The molecule has 1 aliphatic rings. The molecule has 5 nitrogen and oxygen atoms in total. The van der Waals surface area contributed by atoms with E-state index in [9.17, 15) is 0 Å². The topological polar surface area (TPSA) is 58.5 Å². The van der Waals surface area contributed by atoms with Crippen LogP contribution < -0.4 is 10.6 Å². The minimum Gasteiger partial charge on any atom is -0.376 e. The Morgan fingerprint density at radius 3 is 3.24 bits per heavy atom. The third kappa shape index (κ3) is 6.67. The highest BCUT2D eigenvalue weighted by atomic mass is 32.2. The number of rotatable bonds is 8. The lowest BCUT2D eigenvalue weighted by molar-refractivity contribution is 0.117. The third-order valence-corrected chi connectivity index (χ3v) is 5.12. The van der Waals surface area contributed by atoms with E-state index in [1.807, 2.05) is 23.3 Å². The summed E-state index contributed by atoms with van der Waals surface area (Å²) in [6.07, 6.45) is 5.55. The molecule has 1 unspecified atom stereocenters. The molecule has 0 amide bonds. The zero-order chi connectivity index (χ0) is 14.8. The fourth-order valence-corrected chi connectivity index (χ4v) is 3.69. The molecule has 0 radical (unpaired) electrons. The van der Waals surface area contributed by atoms with Crippen molar-refractivity contribution in [2.24, 2.45) is 4.99 Å². The number of nitrogens with zero attached hydrogens (tertiary/aromatic N) is 2. The predicted octanol–water partition coefficient (Wildman–Crippen LogP) is 2.36. The maximum atomic E-state index is 5.59. The molecule has 2 N–H and O–H groups in total. The summed E-state index contributed by atoms with van der Waals surface area (Å²) >= 11 is 3.51. The summed E-state index contributed by atoms with van der Waals surface area (Å²) in [5.74, 6) is 1.97. The number of guanidine groups is 1. The molecule has 7 heteroatoms. The van der Waals surface area contributed by atoms with Crippen molar-refractivity contribution < 1.29 is 4.74 Å². The normalized spacial score (nSPS) is 18.9. The van der Waals surface area contributed by atoms with Gasteiger partial charge < -0.3 is 15.4 Å². The number of nitrogens with one attached hydrogen (secondary N) is 2. The fourth-order valence-electron chi connectivity index (χ4n) is 2.04. The average molecular weight is 329 g/mol. The molecule has 0 saturated carbocycles. The second-order valence-electron chi connectivity index (χ2n) is 4.78. The van der Waals surface area contributed by atoms with Gasteiger partial charge in [-0.25, -0.2) is 4.98 Å². The van der Waals surface area contributed by atoms with Crippen molar-refractivity contribution >= 4 is 29.1 Å². The minimum atomic E-state index is 0.306. The fraction of sp³-hybridized carbons (Fsp3) is 0.714. The third-order valence-electron chi connectivity index (χ3n) is 3.07. The number of thiazole rings is 1. The Hall–Kier alpha value is -0.790. The molecule has 0 spiro atoms. The molecule has 1 fully saturated rings. The molecule has 1 atom stereocenters. The van der Waals surface area contributed by atoms with Gasteiger partial charge in [0.1, 0.15) is 4.34 Å². The van der Waals surface area contributed by atoms with Gasteiger partial charge in [-0.2, -0.15) is 0 Å². The predicted molar refractivity (Wildman–Crippen MR) is 90.4 cm³/mol. The molecule has 1 aromatic heterocycles. The van der Waals surface area contributed by atoms with E-state index in [-0.39, 0.29) is 0 Å². The quantitative estimate of drug-likeness (QED) is 0.332. The summed E-state index contributed by atoms with van der Waals surface area (Å²) in [7, 11) is 0. The molecule has 0 aromatic carbocycles. The van der Waals surface area contributed by atoms with Gasteiger partial charge in [0, 0.05) is 37.0 Å². The Morgan fingerprint density at radius 1 is 1.57 bits per heavy atom. The minimum absolute atomic E-state index is 0.306. The van der Waals surface area contributed by atoms with Crippen LogP contribution in [0, 0.1) is 0 Å². The van der Waals surface area contributed by atoms with E-state index in [0.717, 1.165) is 61.6 Å². The van der Waals surface area contributed by atoms with E-state index in [4.69, 9.17) is 4.74 Å². The molecule has 0 bridgehead atoms. The second-order valence-corrected chi connectivity index (χ2v) is 7.02. The van der Waals surface area contributed by atoms with E-state index in [0.29, 0.717) is 6.10 Å². The molecule has 0 aliphatic carbocycles. The molecular formula is C14H24N4OS2. The average Bonchev–Trinajstić information content (AvgIpc) is 3.17. The van der Waals surface area contributed by atoms with Gasteiger partial charge in [-0.3, -0.25) is 4.99 Å². The smallest absolute Gasteiger partial charge is 0.191 e. The zero-order valence-corrected chi connectivity index (χ0v) is 14.1. The highest BCUT2D eigenvalue weighted by Crippen LogP contribution is 2.20. The summed E-state index contributed by atoms with van der Waals surface area (Å²) in [4.78, 5) is 8.86. The van der Waals surface area contributed by atoms with Gasteiger partial charge >= 0.3 is 0 Å². The highest BCUT2D eigenvalue weighted by Gasteiger charge is 2.14. The zero-order valence-electron chi connectivity index (χ0n) is 12.5. The summed E-state index contributed by atoms with van der Waals surface area (Å²) in [5.41, 5.74) is 0. The first-order valence-corrected chi connectivity index (χ1v) is 9.41. The van der Waals surface area contributed by atoms with Crippen LogP contribution in [0.3, 0.4) is 0 Å². The Bertz CT molecular complexity index is 405. The lowest BCUT2D eigenvalue weighted by atomic mass is 10.2. The van der Waals surface area contributed by atoms with E-state index in [1.54, 1.807) is 11.3 Å². The lowest BCUT2D eigenvalue weighted by Gasteiger charge is -2.12. The Morgan fingerprint density at radius 2 is 2.52 bits per heavy atom. The molecule has 1 aliphatic heterocycles. The Kier molecular flexibility index (Phi) is 7.91. The van der Waals surface area contributed by atoms with Crippen LogP contribution >= 0.6 is 23.1 Å². The number of hydrogen-bond acceptors (Lipinski definition) is 5. The molecule has 1 saturated heterocycles. The highest BCUT2D eigenvalue weighted by molar-refractivity contribution is 8.00. The van der Waals surface area contributed by atoms with Crippen LogP contribution in [0.1, 0.15) is 26.2 Å². The van der Waals surface area contributed by atoms with Gasteiger partial charge in [-0.1, -0.05) is 11.8 Å². The van der Waals surface area contributed by atoms with Gasteiger partial charge in [0.15, 0.2) is 5.96 Å². The van der Waals surface area contributed by atoms with Crippen molar-refractivity contribution in [2.75, 3.05) is 32.0 Å². The maximum Gasteiger partial charge on any atom is 0.191 e. The van der Waals surface area contributed by atoms with E-state index >= 15 is 0 Å². The molecular weight excluding hydrogens is 304 g/mol. The van der Waals surface area contributed by atoms with E-state index < -0.39 is 0 Å². The van der Waals surface area contributed by atoms with Crippen LogP contribution in [-0.4, -0.2) is 49.0 Å². The molecule has 2 rings (SSSR count). The standard InChI is InChI=1S/C14H24N4OS2/c1-2-15-13(18-11-12-5-3-8-19-12)16-6-4-9-20-14-17-7-10-21-14/h7,10,12H,2-6,8-9,11H2,1H3,(H2,15,16,18). The van der Waals surface area contributed by atoms with Crippen LogP contribution in [-0.2, 0) is 4.74 Å². The first-order valence-electron chi connectivity index (χ1n) is 7.54. The van der Waals surface area contributed by atoms with Crippen molar-refractivity contribution in [1.82, 2.24) is 15.6 Å². The van der Waals surface area contributed by atoms with Crippen LogP contribution in [0.4, 0.5) is 0 Å². The number of aromatic nitrogens is 1. The van der Waals surface area contributed by atoms with E-state index in [2.05, 4.69) is 27.5 Å². The molecule has 1 aromatic rings. The van der Waals surface area contributed by atoms with Crippen LogP contribution in [0.5, 0.6) is 0 Å². The number of hydrogen-bond donors (Lipinski definition) is 2. The van der Waals surface area contributed by atoms with Crippen molar-refractivity contribution in [3.8, 4) is 0 Å². The Labute approximate surface area is 135 Å². The number of thioether (sulfide) groups is 1. The van der Waals surface area contributed by atoms with Crippen molar-refractivity contribution in [1.29, 1.82) is 0 Å². The summed E-state index contributed by atoms with van der Waals surface area (Å²) in [5, 5.41) is 8.67. The number of ether oxygens (including phenoxy) is 1. The summed E-state index contributed by atoms with van der Waals surface area (Å²) in [6, 6.07) is 0. The van der Waals surface area contributed by atoms with Crippen molar-refractivity contribution in [3.05, 3.63) is 11.6 Å². The monoisotopic (exact) mass is 328 g/mol. The number of aliphatic imine (C=N–C) groups is 1. The molecule has 21 heavy (non-hydrogen) atoms. The summed E-state index contributed by atoms with van der Waals surface area (Å²) in [6.45, 7) is 5.53. The SMILES string of the molecule is CCNC(=NCC1CCCO1)NCCCSc1nccs1. The van der Waals surface area contributed by atoms with Gasteiger partial charge in [-0.05, 0) is 26.2 Å². The van der Waals surface area contributed by atoms with Gasteiger partial charge in [-0.15, -0.1) is 11.3 Å². The summed E-state index contributed by atoms with van der Waals surface area (Å²) < 4.78 is 6.74. The molecule has 2 heterocycles. The van der Waals surface area contributed by atoms with Gasteiger partial charge in [0.05, 0.1) is 12.6 Å². The largest absolute Gasteiger partial charge is 0.376 e. The van der Waals surface area contributed by atoms with Crippen molar-refractivity contribution in [3.63, 3.8) is 0 Å². The van der Waals surface area contributed by atoms with Crippen LogP contribution in [0.25, 0.3) is 0 Å². The molecule has 118 valence electrons. The first-order chi connectivity index (χ1) is 10.4.